The molecule has 1 aromatic heterocycles. The molecule has 3 aromatic rings. The molecule has 0 saturated carbocycles. The lowest BCUT2D eigenvalue weighted by Gasteiger charge is -2.19. The molecule has 1 N–H and O–H groups in total. The number of aromatic nitrogens is 1. The van der Waals surface area contributed by atoms with Crippen molar-refractivity contribution in [3.05, 3.63) is 95.3 Å². The highest BCUT2D eigenvalue weighted by Crippen LogP contribution is 2.21. The van der Waals surface area contributed by atoms with Crippen molar-refractivity contribution >= 4 is 5.91 Å². The molecule has 2 aromatic carbocycles. The third-order valence-electron chi connectivity index (χ3n) is 4.34. The first-order valence-corrected chi connectivity index (χ1v) is 9.09. The summed E-state index contributed by atoms with van der Waals surface area (Å²) in [6.45, 7) is 4.39. The van der Waals surface area contributed by atoms with Gasteiger partial charge in [0.15, 0.2) is 0 Å². The first-order chi connectivity index (χ1) is 13.1. The van der Waals surface area contributed by atoms with E-state index in [0.29, 0.717) is 6.61 Å². The zero-order valence-electron chi connectivity index (χ0n) is 15.7. The number of nitrogens with one attached hydrogen (secondary N) is 1. The molecule has 0 spiro atoms. The average molecular weight is 360 g/mol. The topological polar surface area (TPSA) is 51.2 Å². The first-order valence-electron chi connectivity index (χ1n) is 9.09. The Hall–Kier alpha value is -3.14. The Bertz CT molecular complexity index is 840. The Balaban J connectivity index is 1.63. The fourth-order valence-corrected chi connectivity index (χ4v) is 2.97. The molecule has 0 bridgehead atoms. The van der Waals surface area contributed by atoms with Crippen molar-refractivity contribution in [3.63, 3.8) is 0 Å². The van der Waals surface area contributed by atoms with E-state index < -0.39 is 0 Å². The number of carbonyl (C=O) groups excluding carboxylic acids is 1. The van der Waals surface area contributed by atoms with Gasteiger partial charge in [-0.15, -0.1) is 0 Å². The Morgan fingerprint density at radius 1 is 1.04 bits per heavy atom. The highest BCUT2D eigenvalue weighted by atomic mass is 16.5. The number of hydrogen-bond donors (Lipinski definition) is 1. The summed E-state index contributed by atoms with van der Waals surface area (Å²) in [6, 6.07) is 21.3. The molecule has 0 aliphatic rings. The number of ether oxygens (including phenoxy) is 1. The normalized spacial score (nSPS) is 11.6. The molecular formula is C23H24N2O2. The van der Waals surface area contributed by atoms with Crippen LogP contribution >= 0.6 is 0 Å². The maximum atomic E-state index is 12.5. The van der Waals surface area contributed by atoms with Gasteiger partial charge in [0.2, 0.25) is 5.91 Å². The van der Waals surface area contributed by atoms with Crippen molar-refractivity contribution in [3.8, 4) is 5.75 Å². The van der Waals surface area contributed by atoms with E-state index in [4.69, 9.17) is 4.74 Å². The fraction of sp³-hybridized carbons (Fsp3) is 0.217. The summed E-state index contributed by atoms with van der Waals surface area (Å²) < 4.78 is 5.78. The van der Waals surface area contributed by atoms with Crippen LogP contribution < -0.4 is 10.1 Å². The lowest BCUT2D eigenvalue weighted by atomic mass is 10.0. The molecule has 1 heterocycles. The van der Waals surface area contributed by atoms with E-state index >= 15 is 0 Å². The minimum atomic E-state index is -0.277. The molecule has 0 saturated heterocycles. The van der Waals surface area contributed by atoms with Gasteiger partial charge in [0, 0.05) is 6.20 Å². The second-order valence-electron chi connectivity index (χ2n) is 6.53. The number of aryl methyl sites for hydroxylation is 2. The number of carbonyl (C=O) groups is 1. The van der Waals surface area contributed by atoms with Crippen LogP contribution in [0.4, 0.5) is 0 Å². The second kappa shape index (κ2) is 8.99. The summed E-state index contributed by atoms with van der Waals surface area (Å²) in [4.78, 5) is 16.9. The maximum Gasteiger partial charge on any atom is 0.224 e. The fourth-order valence-electron chi connectivity index (χ4n) is 2.97. The predicted molar refractivity (Wildman–Crippen MR) is 107 cm³/mol. The van der Waals surface area contributed by atoms with Gasteiger partial charge in [-0.2, -0.15) is 0 Å². The molecule has 0 fully saturated rings. The Morgan fingerprint density at radius 3 is 2.52 bits per heavy atom. The van der Waals surface area contributed by atoms with Crippen molar-refractivity contribution in [1.82, 2.24) is 10.3 Å². The summed E-state index contributed by atoms with van der Waals surface area (Å²) in [5.41, 5.74) is 4.08. The van der Waals surface area contributed by atoms with Crippen LogP contribution in [0, 0.1) is 13.8 Å². The van der Waals surface area contributed by atoms with Crippen LogP contribution in [0.25, 0.3) is 0 Å². The Kier molecular flexibility index (Phi) is 6.21. The predicted octanol–water partition coefficient (Wildman–Crippen LogP) is 4.37. The lowest BCUT2D eigenvalue weighted by Crippen LogP contribution is -2.30. The van der Waals surface area contributed by atoms with Crippen LogP contribution in [-0.4, -0.2) is 17.5 Å². The molecule has 1 atom stereocenters. The number of benzene rings is 2. The number of pyridine rings is 1. The van der Waals surface area contributed by atoms with Crippen molar-refractivity contribution in [2.24, 2.45) is 0 Å². The molecule has 4 nitrogen and oxygen atoms in total. The summed E-state index contributed by atoms with van der Waals surface area (Å²) in [5.74, 6) is 0.747. The molecule has 3 rings (SSSR count). The Morgan fingerprint density at radius 2 is 1.81 bits per heavy atom. The number of hydrogen-bond acceptors (Lipinski definition) is 3. The average Bonchev–Trinajstić information content (AvgIpc) is 2.69. The van der Waals surface area contributed by atoms with Gasteiger partial charge in [-0.25, -0.2) is 0 Å². The summed E-state index contributed by atoms with van der Waals surface area (Å²) in [5, 5.41) is 3.08. The van der Waals surface area contributed by atoms with Gasteiger partial charge in [0.1, 0.15) is 5.75 Å². The van der Waals surface area contributed by atoms with E-state index in [-0.39, 0.29) is 18.4 Å². The van der Waals surface area contributed by atoms with Crippen LogP contribution in [0.2, 0.25) is 0 Å². The van der Waals surface area contributed by atoms with Crippen molar-refractivity contribution in [2.75, 3.05) is 6.61 Å². The molecule has 1 amide bonds. The van der Waals surface area contributed by atoms with E-state index in [1.807, 2.05) is 74.5 Å². The van der Waals surface area contributed by atoms with Crippen LogP contribution in [0.15, 0.2) is 72.9 Å². The minimum absolute atomic E-state index is 0.0701. The maximum absolute atomic E-state index is 12.5. The van der Waals surface area contributed by atoms with E-state index in [0.717, 1.165) is 22.6 Å². The van der Waals surface area contributed by atoms with Crippen molar-refractivity contribution in [2.45, 2.75) is 26.3 Å². The summed E-state index contributed by atoms with van der Waals surface area (Å²) >= 11 is 0. The second-order valence-corrected chi connectivity index (χ2v) is 6.53. The van der Waals surface area contributed by atoms with Gasteiger partial charge in [-0.3, -0.25) is 9.78 Å². The number of amides is 1. The number of rotatable bonds is 7. The molecule has 138 valence electrons. The van der Waals surface area contributed by atoms with E-state index in [1.165, 1.54) is 5.56 Å². The largest absolute Gasteiger partial charge is 0.493 e. The quantitative estimate of drug-likeness (QED) is 0.680. The van der Waals surface area contributed by atoms with Crippen molar-refractivity contribution < 1.29 is 9.53 Å². The summed E-state index contributed by atoms with van der Waals surface area (Å²) in [6.07, 6.45) is 2.02. The standard InChI is InChI=1S/C23H24N2O2/c1-17-11-12-21(18(2)16-17)27-15-13-22(26)25-23(19-8-4-3-5-9-19)20-10-6-7-14-24-20/h3-12,14,16,23H,13,15H2,1-2H3,(H,25,26). The van der Waals surface area contributed by atoms with E-state index in [9.17, 15) is 4.79 Å². The van der Waals surface area contributed by atoms with Gasteiger partial charge in [0.25, 0.3) is 0 Å². The number of nitrogens with zero attached hydrogens (tertiary/aromatic N) is 1. The molecule has 0 aliphatic carbocycles. The SMILES string of the molecule is Cc1ccc(OCCC(=O)NC(c2ccccc2)c2ccccn2)c(C)c1. The van der Waals surface area contributed by atoms with Crippen LogP contribution in [0.5, 0.6) is 5.75 Å². The van der Waals surface area contributed by atoms with Gasteiger partial charge in [0.05, 0.1) is 24.8 Å². The smallest absolute Gasteiger partial charge is 0.224 e. The third kappa shape index (κ3) is 5.17. The molecule has 0 aliphatic heterocycles. The highest BCUT2D eigenvalue weighted by Gasteiger charge is 2.17. The first kappa shape index (κ1) is 18.6. The molecule has 27 heavy (non-hydrogen) atoms. The van der Waals surface area contributed by atoms with Gasteiger partial charge >= 0.3 is 0 Å². The third-order valence-corrected chi connectivity index (χ3v) is 4.34. The molecular weight excluding hydrogens is 336 g/mol. The summed E-state index contributed by atoms with van der Waals surface area (Å²) in [7, 11) is 0. The molecule has 4 heteroatoms. The van der Waals surface area contributed by atoms with Crippen LogP contribution in [0.3, 0.4) is 0 Å². The van der Waals surface area contributed by atoms with Gasteiger partial charge < -0.3 is 10.1 Å². The molecule has 1 unspecified atom stereocenters. The Labute approximate surface area is 160 Å². The van der Waals surface area contributed by atoms with Crippen LogP contribution in [-0.2, 0) is 4.79 Å². The molecule has 0 radical (unpaired) electrons. The zero-order chi connectivity index (χ0) is 19.1. The van der Waals surface area contributed by atoms with E-state index in [1.54, 1.807) is 6.20 Å². The zero-order valence-corrected chi connectivity index (χ0v) is 15.7. The highest BCUT2D eigenvalue weighted by molar-refractivity contribution is 5.77. The van der Waals surface area contributed by atoms with E-state index in [2.05, 4.69) is 16.4 Å². The lowest BCUT2D eigenvalue weighted by molar-refractivity contribution is -0.122. The van der Waals surface area contributed by atoms with Crippen LogP contribution in [0.1, 0.15) is 34.8 Å². The monoisotopic (exact) mass is 360 g/mol. The minimum Gasteiger partial charge on any atom is -0.493 e. The van der Waals surface area contributed by atoms with Crippen molar-refractivity contribution in [1.29, 1.82) is 0 Å². The van der Waals surface area contributed by atoms with Gasteiger partial charge in [-0.1, -0.05) is 54.1 Å². The van der Waals surface area contributed by atoms with Gasteiger partial charge in [-0.05, 0) is 43.2 Å².